The van der Waals surface area contributed by atoms with Crippen LogP contribution >= 0.6 is 22.6 Å². The lowest BCUT2D eigenvalue weighted by atomic mass is 9.85. The van der Waals surface area contributed by atoms with Gasteiger partial charge in [0, 0.05) is 14.8 Å². The molecule has 1 N–H and O–H groups in total. The first-order valence-electron chi connectivity index (χ1n) is 7.20. The SMILES string of the molecule is CCC1CCc2c(c(C(=O)O)nn2-c2cccc(I)c2)C1. The van der Waals surface area contributed by atoms with Crippen LogP contribution in [0.3, 0.4) is 0 Å². The molecule has 1 aliphatic carbocycles. The summed E-state index contributed by atoms with van der Waals surface area (Å²) >= 11 is 2.26. The number of carboxylic acids is 1. The molecule has 1 aliphatic rings. The maximum Gasteiger partial charge on any atom is 0.356 e. The average molecular weight is 396 g/mol. The number of hydrogen-bond acceptors (Lipinski definition) is 2. The topological polar surface area (TPSA) is 55.1 Å². The van der Waals surface area contributed by atoms with Crippen molar-refractivity contribution in [1.29, 1.82) is 0 Å². The zero-order valence-corrected chi connectivity index (χ0v) is 14.0. The fourth-order valence-corrected chi connectivity index (χ4v) is 3.56. The first-order chi connectivity index (χ1) is 10.1. The van der Waals surface area contributed by atoms with Gasteiger partial charge in [-0.1, -0.05) is 19.4 Å². The molecule has 0 spiro atoms. The minimum absolute atomic E-state index is 0.224. The monoisotopic (exact) mass is 396 g/mol. The molecule has 0 radical (unpaired) electrons. The van der Waals surface area contributed by atoms with Crippen LogP contribution in [0, 0.1) is 9.49 Å². The fraction of sp³-hybridized carbons (Fsp3) is 0.375. The predicted molar refractivity (Wildman–Crippen MR) is 89.0 cm³/mol. The van der Waals surface area contributed by atoms with Crippen LogP contribution in [0.4, 0.5) is 0 Å². The molecular formula is C16H17IN2O2. The molecule has 1 unspecified atom stereocenters. The molecule has 4 nitrogen and oxygen atoms in total. The van der Waals surface area contributed by atoms with Crippen molar-refractivity contribution in [2.75, 3.05) is 0 Å². The molecule has 0 aliphatic heterocycles. The van der Waals surface area contributed by atoms with Crippen molar-refractivity contribution in [2.24, 2.45) is 5.92 Å². The van der Waals surface area contributed by atoms with Gasteiger partial charge in [-0.15, -0.1) is 0 Å². The molecule has 0 fully saturated rings. The first-order valence-corrected chi connectivity index (χ1v) is 8.28. The Morgan fingerprint density at radius 1 is 1.52 bits per heavy atom. The molecule has 21 heavy (non-hydrogen) atoms. The molecular weight excluding hydrogens is 379 g/mol. The molecule has 1 heterocycles. The Kier molecular flexibility index (Phi) is 4.01. The van der Waals surface area contributed by atoms with Gasteiger partial charge in [-0.3, -0.25) is 0 Å². The Balaban J connectivity index is 2.13. The van der Waals surface area contributed by atoms with Gasteiger partial charge in [0.05, 0.1) is 5.69 Å². The normalized spacial score (nSPS) is 17.5. The number of aromatic carboxylic acids is 1. The number of nitrogens with zero attached hydrogens (tertiary/aromatic N) is 2. The third-order valence-corrected chi connectivity index (χ3v) is 4.88. The summed E-state index contributed by atoms with van der Waals surface area (Å²) in [6.07, 6.45) is 3.93. The van der Waals surface area contributed by atoms with E-state index in [-0.39, 0.29) is 5.69 Å². The number of hydrogen-bond donors (Lipinski definition) is 1. The van der Waals surface area contributed by atoms with E-state index in [1.165, 1.54) is 0 Å². The largest absolute Gasteiger partial charge is 0.476 e. The van der Waals surface area contributed by atoms with E-state index in [0.29, 0.717) is 5.92 Å². The van der Waals surface area contributed by atoms with E-state index < -0.39 is 5.97 Å². The van der Waals surface area contributed by atoms with E-state index in [2.05, 4.69) is 34.6 Å². The van der Waals surface area contributed by atoms with Crippen LogP contribution in [0.25, 0.3) is 5.69 Å². The Bertz CT molecular complexity index is 694. The maximum absolute atomic E-state index is 11.5. The second-order valence-corrected chi connectivity index (χ2v) is 6.73. The minimum atomic E-state index is -0.924. The number of rotatable bonds is 3. The first kappa shape index (κ1) is 14.6. The van der Waals surface area contributed by atoms with Crippen molar-refractivity contribution in [1.82, 2.24) is 9.78 Å². The van der Waals surface area contributed by atoms with Crippen molar-refractivity contribution in [3.05, 3.63) is 44.8 Å². The van der Waals surface area contributed by atoms with E-state index in [4.69, 9.17) is 0 Å². The van der Waals surface area contributed by atoms with Crippen molar-refractivity contribution in [3.8, 4) is 5.69 Å². The van der Waals surface area contributed by atoms with Crippen LogP contribution in [0.15, 0.2) is 24.3 Å². The number of halogens is 1. The van der Waals surface area contributed by atoms with Gasteiger partial charge in [0.25, 0.3) is 0 Å². The highest BCUT2D eigenvalue weighted by Gasteiger charge is 2.28. The lowest BCUT2D eigenvalue weighted by molar-refractivity contribution is 0.0688. The highest BCUT2D eigenvalue weighted by atomic mass is 127. The van der Waals surface area contributed by atoms with E-state index in [9.17, 15) is 9.90 Å². The van der Waals surface area contributed by atoms with Crippen LogP contribution in [-0.2, 0) is 12.8 Å². The van der Waals surface area contributed by atoms with Crippen LogP contribution in [0.1, 0.15) is 41.5 Å². The van der Waals surface area contributed by atoms with Crippen molar-refractivity contribution < 1.29 is 9.90 Å². The summed E-state index contributed by atoms with van der Waals surface area (Å²) in [5.74, 6) is -0.350. The Morgan fingerprint density at radius 3 is 3.00 bits per heavy atom. The van der Waals surface area contributed by atoms with Gasteiger partial charge in [-0.2, -0.15) is 5.10 Å². The fourth-order valence-electron chi connectivity index (χ4n) is 3.03. The third-order valence-electron chi connectivity index (χ3n) is 4.20. The predicted octanol–water partition coefficient (Wildman–Crippen LogP) is 3.69. The van der Waals surface area contributed by atoms with Crippen LogP contribution < -0.4 is 0 Å². The second kappa shape index (κ2) is 5.79. The number of carboxylic acid groups (broad SMARTS) is 1. The summed E-state index contributed by atoms with van der Waals surface area (Å²) in [5, 5.41) is 13.8. The van der Waals surface area contributed by atoms with Crippen molar-refractivity contribution in [3.63, 3.8) is 0 Å². The van der Waals surface area contributed by atoms with Gasteiger partial charge in [0.1, 0.15) is 0 Å². The molecule has 5 heteroatoms. The second-order valence-electron chi connectivity index (χ2n) is 5.49. The number of aromatic nitrogens is 2. The molecule has 0 saturated carbocycles. The Hall–Kier alpha value is -1.37. The highest BCUT2D eigenvalue weighted by Crippen LogP contribution is 2.31. The molecule has 1 aromatic carbocycles. The molecule has 0 saturated heterocycles. The van der Waals surface area contributed by atoms with Gasteiger partial charge in [0.15, 0.2) is 5.69 Å². The Labute approximate surface area is 137 Å². The standard InChI is InChI=1S/C16H17IN2O2/c1-2-10-6-7-14-13(8-10)15(16(20)21)18-19(14)12-5-3-4-11(17)9-12/h3-5,9-10H,2,6-8H2,1H3,(H,20,21). The molecule has 1 aromatic heterocycles. The lowest BCUT2D eigenvalue weighted by Gasteiger charge is -2.22. The average Bonchev–Trinajstić information content (AvgIpc) is 2.86. The van der Waals surface area contributed by atoms with E-state index >= 15 is 0 Å². The summed E-state index contributed by atoms with van der Waals surface area (Å²) < 4.78 is 2.95. The molecule has 110 valence electrons. The van der Waals surface area contributed by atoms with E-state index in [1.54, 1.807) is 0 Å². The number of fused-ring (bicyclic) bond motifs is 1. The van der Waals surface area contributed by atoms with Crippen LogP contribution in [-0.4, -0.2) is 20.9 Å². The quantitative estimate of drug-likeness (QED) is 0.806. The van der Waals surface area contributed by atoms with E-state index in [0.717, 1.165) is 46.2 Å². The van der Waals surface area contributed by atoms with Crippen LogP contribution in [0.2, 0.25) is 0 Å². The summed E-state index contributed by atoms with van der Waals surface area (Å²) in [7, 11) is 0. The van der Waals surface area contributed by atoms with Gasteiger partial charge in [-0.25, -0.2) is 9.48 Å². The maximum atomic E-state index is 11.5. The van der Waals surface area contributed by atoms with Gasteiger partial charge in [-0.05, 0) is 66.0 Å². The van der Waals surface area contributed by atoms with Gasteiger partial charge in [0.2, 0.25) is 0 Å². The third kappa shape index (κ3) is 2.71. The smallest absolute Gasteiger partial charge is 0.356 e. The van der Waals surface area contributed by atoms with Crippen LogP contribution in [0.5, 0.6) is 0 Å². The summed E-state index contributed by atoms with van der Waals surface area (Å²) in [5.41, 5.74) is 3.17. The van der Waals surface area contributed by atoms with Gasteiger partial charge >= 0.3 is 5.97 Å². The minimum Gasteiger partial charge on any atom is -0.476 e. The molecule has 0 amide bonds. The zero-order chi connectivity index (χ0) is 15.0. The van der Waals surface area contributed by atoms with Crippen molar-refractivity contribution >= 4 is 28.6 Å². The Morgan fingerprint density at radius 2 is 2.33 bits per heavy atom. The highest BCUT2D eigenvalue weighted by molar-refractivity contribution is 14.1. The number of carbonyl (C=O) groups is 1. The molecule has 0 bridgehead atoms. The zero-order valence-electron chi connectivity index (χ0n) is 11.8. The van der Waals surface area contributed by atoms with Gasteiger partial charge < -0.3 is 5.11 Å². The molecule has 2 aromatic rings. The molecule has 1 atom stereocenters. The molecule has 3 rings (SSSR count). The van der Waals surface area contributed by atoms with Crippen molar-refractivity contribution in [2.45, 2.75) is 32.6 Å². The van der Waals surface area contributed by atoms with E-state index in [1.807, 2.05) is 28.9 Å². The summed E-state index contributed by atoms with van der Waals surface area (Å²) in [6.45, 7) is 2.17. The summed E-state index contributed by atoms with van der Waals surface area (Å²) in [4.78, 5) is 11.5. The summed E-state index contributed by atoms with van der Waals surface area (Å²) in [6, 6.07) is 8.01. The lowest BCUT2D eigenvalue weighted by Crippen LogP contribution is -2.16. The number of benzene rings is 1.